The van der Waals surface area contributed by atoms with Crippen molar-refractivity contribution in [2.75, 3.05) is 6.54 Å². The number of nitrogens with two attached hydrogens (primary N) is 2. The molecule has 0 unspecified atom stereocenters. The Kier molecular flexibility index (Phi) is 5.89. The molecule has 0 saturated heterocycles. The van der Waals surface area contributed by atoms with Crippen LogP contribution in [0, 0.1) is 0 Å². The Hall–Kier alpha value is -1.75. The van der Waals surface area contributed by atoms with Crippen LogP contribution in [0.4, 0.5) is 0 Å². The quantitative estimate of drug-likeness (QED) is 0.521. The maximum Gasteiger partial charge on any atom is 0.214 e. The van der Waals surface area contributed by atoms with Crippen molar-refractivity contribution in [1.82, 2.24) is 0 Å². The van der Waals surface area contributed by atoms with Crippen molar-refractivity contribution >= 4 is 5.91 Å². The molecule has 6 N–H and O–H groups in total. The van der Waals surface area contributed by atoms with Gasteiger partial charge in [-0.25, -0.2) is 0 Å². The first-order valence-corrected chi connectivity index (χ1v) is 4.44. The topological polar surface area (TPSA) is 110 Å². The van der Waals surface area contributed by atoms with Crippen LogP contribution in [-0.2, 0) is 11.2 Å². The van der Waals surface area contributed by atoms with E-state index < -0.39 is 0 Å². The molecule has 1 amide bonds. The first kappa shape index (κ1) is 13.2. The van der Waals surface area contributed by atoms with Gasteiger partial charge in [-0.2, -0.15) is 0 Å². The number of primary amides is 1. The number of rotatable bonds is 2. The molecule has 5 heteroatoms. The van der Waals surface area contributed by atoms with E-state index in [2.05, 4.69) is 5.73 Å². The van der Waals surface area contributed by atoms with Gasteiger partial charge in [-0.3, -0.25) is 4.79 Å². The van der Waals surface area contributed by atoms with E-state index in [0.29, 0.717) is 13.0 Å². The molecule has 1 aromatic carbocycles. The van der Waals surface area contributed by atoms with Crippen LogP contribution in [-0.4, -0.2) is 22.7 Å². The number of hydrogen-bond donors (Lipinski definition) is 4. The van der Waals surface area contributed by atoms with Gasteiger partial charge in [0.2, 0.25) is 5.91 Å². The molecular weight excluding hydrogens is 196 g/mol. The highest BCUT2D eigenvalue weighted by Crippen LogP contribution is 2.24. The third-order valence-electron chi connectivity index (χ3n) is 1.47. The normalized spacial score (nSPS) is 8.93. The smallest absolute Gasteiger partial charge is 0.214 e. The zero-order valence-corrected chi connectivity index (χ0v) is 8.60. The van der Waals surface area contributed by atoms with Gasteiger partial charge in [0.25, 0.3) is 0 Å². The fraction of sp³-hybridized carbons (Fsp3) is 0.300. The van der Waals surface area contributed by atoms with Gasteiger partial charge in [0, 0.05) is 6.92 Å². The first-order chi connectivity index (χ1) is 6.97. The third-order valence-corrected chi connectivity index (χ3v) is 1.47. The van der Waals surface area contributed by atoms with Gasteiger partial charge in [-0.15, -0.1) is 0 Å². The van der Waals surface area contributed by atoms with Crippen LogP contribution in [0.25, 0.3) is 0 Å². The summed E-state index contributed by atoms with van der Waals surface area (Å²) in [6, 6.07) is 4.71. The van der Waals surface area contributed by atoms with Crippen LogP contribution in [0.3, 0.4) is 0 Å². The second-order valence-corrected chi connectivity index (χ2v) is 2.97. The molecule has 0 saturated carbocycles. The summed E-state index contributed by atoms with van der Waals surface area (Å²) in [5.74, 6) is -0.512. The van der Waals surface area contributed by atoms with Gasteiger partial charge in [0.1, 0.15) is 0 Å². The molecule has 1 rings (SSSR count). The molecule has 0 aromatic heterocycles. The maximum absolute atomic E-state index is 9.22. The largest absolute Gasteiger partial charge is 0.504 e. The molecule has 0 aliphatic carbocycles. The molecule has 0 spiro atoms. The number of aromatic hydroxyl groups is 2. The Morgan fingerprint density at radius 1 is 1.33 bits per heavy atom. The number of hydrogen-bond acceptors (Lipinski definition) is 4. The monoisotopic (exact) mass is 212 g/mol. The van der Waals surface area contributed by atoms with Crippen LogP contribution < -0.4 is 11.5 Å². The summed E-state index contributed by atoms with van der Waals surface area (Å²) in [6.07, 6.45) is 0.716. The van der Waals surface area contributed by atoms with Crippen LogP contribution in [0.1, 0.15) is 12.5 Å². The minimum atomic E-state index is -0.333. The van der Waals surface area contributed by atoms with Crippen molar-refractivity contribution < 1.29 is 15.0 Å². The SMILES string of the molecule is CC(N)=O.NCCc1ccc(O)c(O)c1. The lowest BCUT2D eigenvalue weighted by Gasteiger charge is -2.00. The third kappa shape index (κ3) is 6.34. The average molecular weight is 212 g/mol. The van der Waals surface area contributed by atoms with Crippen molar-refractivity contribution in [1.29, 1.82) is 0 Å². The highest BCUT2D eigenvalue weighted by atomic mass is 16.3. The van der Waals surface area contributed by atoms with E-state index in [1.165, 1.54) is 19.1 Å². The number of phenols is 2. The van der Waals surface area contributed by atoms with Gasteiger partial charge < -0.3 is 21.7 Å². The predicted molar refractivity (Wildman–Crippen MR) is 57.4 cm³/mol. The molecular formula is C10H16N2O3. The minimum Gasteiger partial charge on any atom is -0.504 e. The summed E-state index contributed by atoms with van der Waals surface area (Å²) >= 11 is 0. The molecule has 15 heavy (non-hydrogen) atoms. The molecule has 0 aliphatic heterocycles. The number of carbonyl (C=O) groups is 1. The van der Waals surface area contributed by atoms with Crippen LogP contribution >= 0.6 is 0 Å². The molecule has 84 valence electrons. The summed E-state index contributed by atoms with van der Waals surface area (Å²) < 4.78 is 0. The molecule has 0 heterocycles. The highest BCUT2D eigenvalue weighted by Gasteiger charge is 1.98. The van der Waals surface area contributed by atoms with Crippen molar-refractivity contribution in [3.8, 4) is 11.5 Å². The summed E-state index contributed by atoms with van der Waals surface area (Å²) in [5.41, 5.74) is 10.7. The van der Waals surface area contributed by atoms with Crippen molar-refractivity contribution in [3.05, 3.63) is 23.8 Å². The molecule has 0 aliphatic rings. The molecule has 1 aromatic rings. The van der Waals surface area contributed by atoms with E-state index >= 15 is 0 Å². The van der Waals surface area contributed by atoms with Crippen molar-refractivity contribution in [2.45, 2.75) is 13.3 Å². The summed E-state index contributed by atoms with van der Waals surface area (Å²) in [4.78, 5) is 9.22. The van der Waals surface area contributed by atoms with Crippen LogP contribution in [0.2, 0.25) is 0 Å². The van der Waals surface area contributed by atoms with Gasteiger partial charge >= 0.3 is 0 Å². The highest BCUT2D eigenvalue weighted by molar-refractivity contribution is 5.70. The molecule has 0 radical (unpaired) electrons. The van der Waals surface area contributed by atoms with E-state index in [1.807, 2.05) is 0 Å². The zero-order chi connectivity index (χ0) is 11.8. The van der Waals surface area contributed by atoms with E-state index in [9.17, 15) is 4.79 Å². The molecule has 0 atom stereocenters. The first-order valence-electron chi connectivity index (χ1n) is 4.44. The Morgan fingerprint density at radius 3 is 2.27 bits per heavy atom. The Labute approximate surface area is 88.3 Å². The summed E-state index contributed by atoms with van der Waals surface area (Å²) in [7, 11) is 0. The number of amides is 1. The summed E-state index contributed by atoms with van der Waals surface area (Å²) in [5, 5.41) is 18.0. The standard InChI is InChI=1S/C8H11NO2.C2H5NO/c9-4-3-6-1-2-7(10)8(11)5-6;1-2(3)4/h1-2,5,10-11H,3-4,9H2;1H3,(H2,3,4). The molecule has 5 nitrogen and oxygen atoms in total. The predicted octanol–water partition coefficient (Wildman–Crippen LogP) is 0.0906. The second kappa shape index (κ2) is 6.67. The van der Waals surface area contributed by atoms with Gasteiger partial charge in [-0.1, -0.05) is 6.07 Å². The fourth-order valence-electron chi connectivity index (χ4n) is 0.891. The second-order valence-electron chi connectivity index (χ2n) is 2.97. The van der Waals surface area contributed by atoms with E-state index in [4.69, 9.17) is 15.9 Å². The minimum absolute atomic E-state index is 0.0871. The zero-order valence-electron chi connectivity index (χ0n) is 8.60. The van der Waals surface area contributed by atoms with Crippen molar-refractivity contribution in [2.24, 2.45) is 11.5 Å². The lowest BCUT2D eigenvalue weighted by Crippen LogP contribution is -2.02. The Bertz CT molecular complexity index is 322. The molecule has 0 fully saturated rings. The van der Waals surface area contributed by atoms with Gasteiger partial charge in [0.15, 0.2) is 11.5 Å². The average Bonchev–Trinajstić information content (AvgIpc) is 2.11. The maximum atomic E-state index is 9.22. The van der Waals surface area contributed by atoms with Crippen molar-refractivity contribution in [3.63, 3.8) is 0 Å². The number of carbonyl (C=O) groups excluding carboxylic acids is 1. The Morgan fingerprint density at radius 2 is 1.87 bits per heavy atom. The van der Waals surface area contributed by atoms with E-state index in [-0.39, 0.29) is 17.4 Å². The fourth-order valence-corrected chi connectivity index (χ4v) is 0.891. The van der Waals surface area contributed by atoms with E-state index in [1.54, 1.807) is 6.07 Å². The lowest BCUT2D eigenvalue weighted by molar-refractivity contribution is -0.115. The van der Waals surface area contributed by atoms with Gasteiger partial charge in [0.05, 0.1) is 0 Å². The van der Waals surface area contributed by atoms with Gasteiger partial charge in [-0.05, 0) is 30.7 Å². The number of benzene rings is 1. The Balaban J connectivity index is 0.000000423. The number of phenolic OH excluding ortho intramolecular Hbond substituents is 2. The summed E-state index contributed by atoms with van der Waals surface area (Å²) in [6.45, 7) is 1.85. The lowest BCUT2D eigenvalue weighted by atomic mass is 10.1. The van der Waals surface area contributed by atoms with Crippen LogP contribution in [0.15, 0.2) is 18.2 Å². The van der Waals surface area contributed by atoms with E-state index in [0.717, 1.165) is 5.56 Å². The molecule has 0 bridgehead atoms. The van der Waals surface area contributed by atoms with Crippen LogP contribution in [0.5, 0.6) is 11.5 Å².